The third-order valence-corrected chi connectivity index (χ3v) is 4.70. The van der Waals surface area contributed by atoms with E-state index in [-0.39, 0.29) is 39.3 Å². The van der Waals surface area contributed by atoms with Gasteiger partial charge in [-0.1, -0.05) is 24.3 Å². The molecule has 0 heterocycles. The van der Waals surface area contributed by atoms with Crippen LogP contribution in [0.15, 0.2) is 24.3 Å². The molecule has 4 rings (SSSR count). The predicted octanol–water partition coefficient (Wildman–Crippen LogP) is 2.24. The molecular weight excluding hydrogens is 296 g/mol. The fourth-order valence-electron chi connectivity index (χ4n) is 3.61. The van der Waals surface area contributed by atoms with Crippen LogP contribution in [0, 0.1) is 0 Å². The van der Waals surface area contributed by atoms with Crippen molar-refractivity contribution in [2.24, 2.45) is 0 Å². The van der Waals surface area contributed by atoms with Gasteiger partial charge in [0, 0.05) is 22.3 Å². The summed E-state index contributed by atoms with van der Waals surface area (Å²) in [5, 5.41) is 31.2. The number of aromatic hydroxyl groups is 2. The molecule has 0 aliphatic heterocycles. The van der Waals surface area contributed by atoms with Crippen molar-refractivity contribution in [3.05, 3.63) is 57.6 Å². The zero-order chi connectivity index (χ0) is 16.3. The van der Waals surface area contributed by atoms with Crippen molar-refractivity contribution in [2.45, 2.75) is 25.4 Å². The molecule has 0 saturated heterocycles. The Balaban J connectivity index is 2.10. The van der Waals surface area contributed by atoms with Crippen LogP contribution in [0.4, 0.5) is 0 Å². The lowest BCUT2D eigenvalue weighted by atomic mass is 9.77. The number of carbonyl (C=O) groups is 2. The summed E-state index contributed by atoms with van der Waals surface area (Å²) in [4.78, 5) is 25.4. The Morgan fingerprint density at radius 1 is 0.913 bits per heavy atom. The van der Waals surface area contributed by atoms with E-state index < -0.39 is 17.7 Å². The highest BCUT2D eigenvalue weighted by molar-refractivity contribution is 6.30. The zero-order valence-electron chi connectivity index (χ0n) is 12.2. The van der Waals surface area contributed by atoms with E-state index in [0.29, 0.717) is 24.8 Å². The van der Waals surface area contributed by atoms with Gasteiger partial charge < -0.3 is 15.3 Å². The summed E-state index contributed by atoms with van der Waals surface area (Å²) in [7, 11) is 0. The summed E-state index contributed by atoms with van der Waals surface area (Å²) in [6, 6.07) is 6.33. The third kappa shape index (κ3) is 1.71. The van der Waals surface area contributed by atoms with E-state index >= 15 is 0 Å². The second-order valence-electron chi connectivity index (χ2n) is 5.95. The number of aliphatic hydroxyl groups is 1. The van der Waals surface area contributed by atoms with Gasteiger partial charge in [0.2, 0.25) is 0 Å². The van der Waals surface area contributed by atoms with Crippen molar-refractivity contribution in [3.8, 4) is 11.5 Å². The minimum Gasteiger partial charge on any atom is -0.507 e. The number of phenolic OH excluding ortho intramolecular Hbond substituents is 2. The normalized spacial score (nSPS) is 19.1. The molecule has 5 nitrogen and oxygen atoms in total. The Kier molecular flexibility index (Phi) is 2.83. The molecule has 116 valence electrons. The Morgan fingerprint density at radius 3 is 2.09 bits per heavy atom. The summed E-state index contributed by atoms with van der Waals surface area (Å²) in [5.41, 5.74) is 0.597. The molecule has 3 N–H and O–H groups in total. The largest absolute Gasteiger partial charge is 0.507 e. The van der Waals surface area contributed by atoms with Crippen LogP contribution in [0.2, 0.25) is 0 Å². The van der Waals surface area contributed by atoms with Gasteiger partial charge in [0.15, 0.2) is 11.6 Å². The first kappa shape index (κ1) is 14.0. The molecule has 23 heavy (non-hydrogen) atoms. The van der Waals surface area contributed by atoms with Crippen molar-refractivity contribution in [1.29, 1.82) is 0 Å². The first-order valence-corrected chi connectivity index (χ1v) is 7.49. The van der Waals surface area contributed by atoms with E-state index in [2.05, 4.69) is 0 Å². The van der Waals surface area contributed by atoms with E-state index in [1.807, 2.05) is 0 Å². The molecule has 0 saturated carbocycles. The van der Waals surface area contributed by atoms with Gasteiger partial charge in [-0.15, -0.1) is 0 Å². The van der Waals surface area contributed by atoms with Gasteiger partial charge in [0.05, 0.1) is 17.2 Å². The van der Waals surface area contributed by atoms with Crippen molar-refractivity contribution < 1.29 is 24.9 Å². The number of hydrogen-bond donors (Lipinski definition) is 3. The molecule has 0 unspecified atom stereocenters. The van der Waals surface area contributed by atoms with Crippen molar-refractivity contribution in [3.63, 3.8) is 0 Å². The van der Waals surface area contributed by atoms with Crippen LogP contribution in [0.25, 0.3) is 0 Å². The lowest BCUT2D eigenvalue weighted by Crippen LogP contribution is -2.24. The molecule has 2 aromatic rings. The third-order valence-electron chi connectivity index (χ3n) is 4.70. The molecule has 0 amide bonds. The summed E-state index contributed by atoms with van der Waals surface area (Å²) in [5.74, 6) is -1.67. The number of phenols is 2. The summed E-state index contributed by atoms with van der Waals surface area (Å²) < 4.78 is 0. The van der Waals surface area contributed by atoms with Crippen LogP contribution in [0.3, 0.4) is 0 Å². The molecule has 0 fully saturated rings. The van der Waals surface area contributed by atoms with Crippen LogP contribution >= 0.6 is 0 Å². The smallest absolute Gasteiger partial charge is 0.198 e. The maximum atomic E-state index is 12.7. The second kappa shape index (κ2) is 4.67. The van der Waals surface area contributed by atoms with E-state index in [1.54, 1.807) is 12.1 Å². The summed E-state index contributed by atoms with van der Waals surface area (Å²) in [6.45, 7) is 0. The first-order valence-electron chi connectivity index (χ1n) is 7.49. The fourth-order valence-corrected chi connectivity index (χ4v) is 3.61. The summed E-state index contributed by atoms with van der Waals surface area (Å²) in [6.07, 6.45) is 0.577. The number of rotatable bonds is 0. The second-order valence-corrected chi connectivity index (χ2v) is 5.95. The monoisotopic (exact) mass is 310 g/mol. The summed E-state index contributed by atoms with van der Waals surface area (Å²) >= 11 is 0. The standard InChI is InChI=1S/C18H14O5/c19-11-7-3-6-10-12(11)18(23)14-13(17(10)22)15(20)8-4-1-2-5-9(8)16(14)21/h1-2,4-5,11,19,22-23H,3,6-7H2/t11-/m0/s1. The zero-order valence-corrected chi connectivity index (χ0v) is 12.2. The highest BCUT2D eigenvalue weighted by Crippen LogP contribution is 2.48. The first-order chi connectivity index (χ1) is 11.0. The van der Waals surface area contributed by atoms with Crippen LogP contribution in [0.1, 0.15) is 61.9 Å². The molecule has 5 heteroatoms. The van der Waals surface area contributed by atoms with Gasteiger partial charge in [-0.3, -0.25) is 9.59 Å². The predicted molar refractivity (Wildman–Crippen MR) is 81.0 cm³/mol. The van der Waals surface area contributed by atoms with Gasteiger partial charge >= 0.3 is 0 Å². The lowest BCUT2D eigenvalue weighted by molar-refractivity contribution is 0.0971. The maximum absolute atomic E-state index is 12.7. The molecule has 0 spiro atoms. The minimum atomic E-state index is -0.949. The molecule has 2 aliphatic rings. The Hall–Kier alpha value is -2.66. The van der Waals surface area contributed by atoms with E-state index in [4.69, 9.17) is 0 Å². The molecule has 2 aromatic carbocycles. The highest BCUT2D eigenvalue weighted by Gasteiger charge is 2.39. The van der Waals surface area contributed by atoms with Gasteiger partial charge in [-0.2, -0.15) is 0 Å². The topological polar surface area (TPSA) is 94.8 Å². The average Bonchev–Trinajstić information content (AvgIpc) is 2.55. The number of benzene rings is 2. The number of fused-ring (bicyclic) bond motifs is 3. The maximum Gasteiger partial charge on any atom is 0.198 e. The van der Waals surface area contributed by atoms with Crippen LogP contribution < -0.4 is 0 Å². The van der Waals surface area contributed by atoms with E-state index in [1.165, 1.54) is 12.1 Å². The van der Waals surface area contributed by atoms with Gasteiger partial charge in [0.1, 0.15) is 11.5 Å². The van der Waals surface area contributed by atoms with Crippen molar-refractivity contribution >= 4 is 11.6 Å². The van der Waals surface area contributed by atoms with Gasteiger partial charge in [0.25, 0.3) is 0 Å². The van der Waals surface area contributed by atoms with Crippen LogP contribution in [-0.4, -0.2) is 26.9 Å². The fraction of sp³-hybridized carbons (Fsp3) is 0.222. The Morgan fingerprint density at radius 2 is 1.48 bits per heavy atom. The number of ketones is 2. The molecule has 0 bridgehead atoms. The van der Waals surface area contributed by atoms with Crippen LogP contribution in [-0.2, 0) is 6.42 Å². The highest BCUT2D eigenvalue weighted by atomic mass is 16.3. The molecule has 2 aliphatic carbocycles. The molecule has 0 aromatic heterocycles. The minimum absolute atomic E-state index is 0.154. The Bertz CT molecular complexity index is 881. The SMILES string of the molecule is O=C1c2ccccc2C(=O)c2c(O)c3c(c(O)c21)CCC[C@@H]3O. The lowest BCUT2D eigenvalue weighted by Gasteiger charge is -2.28. The van der Waals surface area contributed by atoms with Crippen LogP contribution in [0.5, 0.6) is 11.5 Å². The number of carbonyl (C=O) groups excluding carboxylic acids is 2. The average molecular weight is 310 g/mol. The number of aliphatic hydroxyl groups excluding tert-OH is 1. The number of hydrogen-bond acceptors (Lipinski definition) is 5. The van der Waals surface area contributed by atoms with Crippen molar-refractivity contribution in [2.75, 3.05) is 0 Å². The Labute approximate surface area is 131 Å². The van der Waals surface area contributed by atoms with Gasteiger partial charge in [-0.25, -0.2) is 0 Å². The molecular formula is C18H14O5. The van der Waals surface area contributed by atoms with Gasteiger partial charge in [-0.05, 0) is 19.3 Å². The molecule has 0 radical (unpaired) electrons. The van der Waals surface area contributed by atoms with Crippen molar-refractivity contribution in [1.82, 2.24) is 0 Å². The quantitative estimate of drug-likeness (QED) is 0.554. The van der Waals surface area contributed by atoms with E-state index in [0.717, 1.165) is 0 Å². The molecule has 1 atom stereocenters. The van der Waals surface area contributed by atoms with E-state index in [9.17, 15) is 24.9 Å².